The number of alkyl halides is 3. The number of carbonyl (C=O) groups excluding carboxylic acids is 1. The molecule has 0 radical (unpaired) electrons. The van der Waals surface area contributed by atoms with Gasteiger partial charge in [0.2, 0.25) is 16.0 Å². The number of carbonyl (C=O) groups is 2. The van der Waals surface area contributed by atoms with Crippen molar-refractivity contribution in [3.05, 3.63) is 5.01 Å². The van der Waals surface area contributed by atoms with Gasteiger partial charge in [0.1, 0.15) is 6.54 Å². The van der Waals surface area contributed by atoms with Crippen molar-refractivity contribution in [2.75, 3.05) is 18.4 Å². The number of carboxylic acids is 1. The first-order valence-electron chi connectivity index (χ1n) is 4.42. The summed E-state index contributed by atoms with van der Waals surface area (Å²) in [6.45, 7) is -0.954. The Bertz CT molecular complexity index is 447. The summed E-state index contributed by atoms with van der Waals surface area (Å²) in [6.07, 6.45) is -4.58. The Labute approximate surface area is 102 Å². The fourth-order valence-corrected chi connectivity index (χ4v) is 1.41. The van der Waals surface area contributed by atoms with Gasteiger partial charge < -0.3 is 15.7 Å². The van der Waals surface area contributed by atoms with E-state index in [1.165, 1.54) is 0 Å². The number of rotatable bonds is 5. The minimum Gasteiger partial charge on any atom is -0.480 e. The Morgan fingerprint density at radius 3 is 2.44 bits per heavy atom. The maximum absolute atomic E-state index is 12.1. The molecule has 0 saturated carbocycles. The van der Waals surface area contributed by atoms with Crippen LogP contribution in [0, 0.1) is 0 Å². The van der Waals surface area contributed by atoms with Crippen LogP contribution in [0.2, 0.25) is 0 Å². The van der Waals surface area contributed by atoms with E-state index in [0.29, 0.717) is 0 Å². The highest BCUT2D eigenvalue weighted by molar-refractivity contribution is 7.15. The Morgan fingerprint density at radius 1 is 1.28 bits per heavy atom. The number of aromatic nitrogens is 2. The second-order valence-corrected chi connectivity index (χ2v) is 3.91. The molecule has 100 valence electrons. The molecule has 0 unspecified atom stereocenters. The van der Waals surface area contributed by atoms with Crippen molar-refractivity contribution in [3.8, 4) is 0 Å². The fourth-order valence-electron chi connectivity index (χ4n) is 0.802. The Morgan fingerprint density at radius 2 is 1.94 bits per heavy atom. The van der Waals surface area contributed by atoms with Crippen molar-refractivity contribution >= 4 is 28.3 Å². The standard InChI is InChI=1S/C7H7F3N4O3S/c8-7(9,10)5-13-14-6(18-5)12-1-3(15)11-2-4(16)17/h1-2H2,(H,11,15)(H,12,14)(H,16,17). The molecule has 18 heavy (non-hydrogen) atoms. The molecular weight excluding hydrogens is 277 g/mol. The molecular formula is C7H7F3N4O3S. The van der Waals surface area contributed by atoms with Gasteiger partial charge in [-0.3, -0.25) is 9.59 Å². The molecule has 1 aromatic rings. The van der Waals surface area contributed by atoms with Gasteiger partial charge in [-0.05, 0) is 0 Å². The van der Waals surface area contributed by atoms with E-state index in [-0.39, 0.29) is 23.0 Å². The lowest BCUT2D eigenvalue weighted by molar-refractivity contribution is -0.138. The number of nitrogens with zero attached hydrogens (tertiary/aromatic N) is 2. The van der Waals surface area contributed by atoms with E-state index in [9.17, 15) is 22.8 Å². The van der Waals surface area contributed by atoms with E-state index in [1.54, 1.807) is 0 Å². The van der Waals surface area contributed by atoms with Crippen LogP contribution in [0.5, 0.6) is 0 Å². The number of hydrogen-bond acceptors (Lipinski definition) is 6. The van der Waals surface area contributed by atoms with Gasteiger partial charge >= 0.3 is 12.1 Å². The van der Waals surface area contributed by atoms with E-state index in [4.69, 9.17) is 5.11 Å². The minimum atomic E-state index is -4.58. The summed E-state index contributed by atoms with van der Waals surface area (Å²) in [6, 6.07) is 0. The molecule has 11 heteroatoms. The third-order valence-electron chi connectivity index (χ3n) is 1.50. The highest BCUT2D eigenvalue weighted by Gasteiger charge is 2.35. The van der Waals surface area contributed by atoms with Crippen LogP contribution in [0.25, 0.3) is 0 Å². The molecule has 1 aromatic heterocycles. The largest absolute Gasteiger partial charge is 0.480 e. The first-order chi connectivity index (χ1) is 8.29. The summed E-state index contributed by atoms with van der Waals surface area (Å²) in [5.74, 6) is -1.90. The minimum absolute atomic E-state index is 0.173. The van der Waals surface area contributed by atoms with Gasteiger partial charge in [0.05, 0.1) is 6.54 Å². The molecule has 0 saturated heterocycles. The third-order valence-corrected chi connectivity index (χ3v) is 2.43. The Kier molecular flexibility index (Phi) is 4.42. The number of amides is 1. The molecule has 0 aliphatic carbocycles. The van der Waals surface area contributed by atoms with Gasteiger partial charge in [0.25, 0.3) is 0 Å². The molecule has 7 nitrogen and oxygen atoms in total. The van der Waals surface area contributed by atoms with Crippen molar-refractivity contribution in [1.82, 2.24) is 15.5 Å². The lowest BCUT2D eigenvalue weighted by Gasteiger charge is -2.02. The summed E-state index contributed by atoms with van der Waals surface area (Å²) < 4.78 is 36.4. The molecule has 1 rings (SSSR count). The maximum atomic E-state index is 12.1. The van der Waals surface area contributed by atoms with Crippen LogP contribution < -0.4 is 10.6 Å². The first-order valence-corrected chi connectivity index (χ1v) is 5.23. The van der Waals surface area contributed by atoms with E-state index in [0.717, 1.165) is 0 Å². The van der Waals surface area contributed by atoms with Crippen molar-refractivity contribution in [2.45, 2.75) is 6.18 Å². The van der Waals surface area contributed by atoms with Gasteiger partial charge in [-0.2, -0.15) is 13.2 Å². The van der Waals surface area contributed by atoms with Crippen LogP contribution in [0.3, 0.4) is 0 Å². The zero-order valence-corrected chi connectivity index (χ0v) is 9.43. The molecule has 0 aliphatic heterocycles. The maximum Gasteiger partial charge on any atom is 0.445 e. The van der Waals surface area contributed by atoms with Gasteiger partial charge in [0, 0.05) is 0 Å². The zero-order valence-electron chi connectivity index (χ0n) is 8.61. The molecule has 0 aromatic carbocycles. The summed E-state index contributed by atoms with van der Waals surface area (Å²) in [4.78, 5) is 21.1. The average molecular weight is 284 g/mol. The topological polar surface area (TPSA) is 104 Å². The normalized spacial score (nSPS) is 11.1. The van der Waals surface area contributed by atoms with Gasteiger partial charge in [-0.25, -0.2) is 0 Å². The van der Waals surface area contributed by atoms with Crippen LogP contribution in [-0.4, -0.2) is 40.3 Å². The molecule has 1 heterocycles. The summed E-state index contributed by atoms with van der Waals surface area (Å²) in [5.41, 5.74) is 0. The van der Waals surface area contributed by atoms with Crippen LogP contribution in [-0.2, 0) is 15.8 Å². The van der Waals surface area contributed by atoms with Gasteiger partial charge in [0.15, 0.2) is 0 Å². The van der Waals surface area contributed by atoms with Crippen molar-refractivity contribution < 1.29 is 27.9 Å². The second kappa shape index (κ2) is 5.62. The van der Waals surface area contributed by atoms with Crippen LogP contribution in [0.4, 0.5) is 18.3 Å². The number of halogens is 3. The lowest BCUT2D eigenvalue weighted by atomic mass is 10.5. The predicted octanol–water partition coefficient (Wildman–Crippen LogP) is 0.170. The average Bonchev–Trinajstić information content (AvgIpc) is 2.71. The second-order valence-electron chi connectivity index (χ2n) is 2.93. The van der Waals surface area contributed by atoms with Crippen molar-refractivity contribution in [2.24, 2.45) is 0 Å². The van der Waals surface area contributed by atoms with E-state index in [1.807, 2.05) is 5.32 Å². The number of hydrogen-bond donors (Lipinski definition) is 3. The van der Waals surface area contributed by atoms with E-state index < -0.39 is 29.6 Å². The Hall–Kier alpha value is -1.91. The van der Waals surface area contributed by atoms with E-state index in [2.05, 4.69) is 15.5 Å². The molecule has 3 N–H and O–H groups in total. The van der Waals surface area contributed by atoms with E-state index >= 15 is 0 Å². The Balaban J connectivity index is 2.42. The quantitative estimate of drug-likeness (QED) is 0.712. The first kappa shape index (κ1) is 14.2. The van der Waals surface area contributed by atoms with Gasteiger partial charge in [-0.1, -0.05) is 11.3 Å². The fraction of sp³-hybridized carbons (Fsp3) is 0.429. The number of anilines is 1. The predicted molar refractivity (Wildman–Crippen MR) is 54.0 cm³/mol. The summed E-state index contributed by atoms with van der Waals surface area (Å²) >= 11 is 0.252. The third kappa shape index (κ3) is 4.53. The molecule has 0 fully saturated rings. The van der Waals surface area contributed by atoms with Crippen molar-refractivity contribution in [1.29, 1.82) is 0 Å². The highest BCUT2D eigenvalue weighted by atomic mass is 32.1. The molecule has 0 bridgehead atoms. The summed E-state index contributed by atoms with van der Waals surface area (Å²) in [7, 11) is 0. The molecule has 0 atom stereocenters. The zero-order chi connectivity index (χ0) is 13.8. The van der Waals surface area contributed by atoms with Crippen LogP contribution >= 0.6 is 11.3 Å². The number of nitrogens with one attached hydrogen (secondary N) is 2. The highest BCUT2D eigenvalue weighted by Crippen LogP contribution is 2.32. The smallest absolute Gasteiger partial charge is 0.445 e. The number of aliphatic carboxylic acids is 1. The van der Waals surface area contributed by atoms with Crippen molar-refractivity contribution in [3.63, 3.8) is 0 Å². The van der Waals surface area contributed by atoms with Crippen LogP contribution in [0.15, 0.2) is 0 Å². The SMILES string of the molecule is O=C(O)CNC(=O)CNc1nnc(C(F)(F)F)s1. The lowest BCUT2D eigenvalue weighted by Crippen LogP contribution is -2.33. The molecule has 1 amide bonds. The van der Waals surface area contributed by atoms with Crippen LogP contribution in [0.1, 0.15) is 5.01 Å². The summed E-state index contributed by atoms with van der Waals surface area (Å²) in [5, 5.41) is 17.4. The molecule has 0 spiro atoms. The monoisotopic (exact) mass is 284 g/mol. The van der Waals surface area contributed by atoms with Gasteiger partial charge in [-0.15, -0.1) is 10.2 Å². The molecule has 0 aliphatic rings. The number of carboxylic acid groups (broad SMARTS) is 1.